The van der Waals surface area contributed by atoms with E-state index in [4.69, 9.17) is 10.8 Å². The molecule has 0 heterocycles. The lowest BCUT2D eigenvalue weighted by Gasteiger charge is -2.02. The average molecular weight is 187 g/mol. The fraction of sp³-hybridized carbons (Fsp3) is 0.143. The average Bonchev–Trinajstić information content (AvgIpc) is 2.05. The Kier molecular flexibility index (Phi) is 2.35. The molecule has 5 heteroatoms. The van der Waals surface area contributed by atoms with E-state index in [0.717, 1.165) is 0 Å². The fourth-order valence-corrected chi connectivity index (χ4v) is 1.69. The molecule has 0 saturated heterocycles. The molecule has 0 amide bonds. The van der Waals surface area contributed by atoms with Gasteiger partial charge in [0.15, 0.2) is 0 Å². The van der Waals surface area contributed by atoms with E-state index < -0.39 is 15.8 Å². The van der Waals surface area contributed by atoms with Crippen LogP contribution in [0.4, 0.5) is 5.69 Å². The number of nitrogen functional groups attached to an aromatic ring is 1. The summed E-state index contributed by atoms with van der Waals surface area (Å²) in [5.74, 6) is -0.915. The van der Waals surface area contributed by atoms with Crippen LogP contribution in [0.3, 0.4) is 0 Å². The quantitative estimate of drug-likeness (QED) is 0.638. The van der Waals surface area contributed by atoms with E-state index >= 15 is 0 Å². The van der Waals surface area contributed by atoms with E-state index in [1.807, 2.05) is 0 Å². The van der Waals surface area contributed by atoms with Crippen molar-refractivity contribution in [2.75, 3.05) is 11.7 Å². The molecule has 0 saturated carbocycles. The van der Waals surface area contributed by atoms with Gasteiger partial charge < -0.3 is 10.8 Å². The van der Waals surface area contributed by atoms with E-state index in [0.29, 0.717) is 0 Å². The van der Waals surface area contributed by atoms with Crippen LogP contribution < -0.4 is 5.73 Å². The molecule has 0 unspecified atom stereocenters. The second-order valence-electron chi connectivity index (χ2n) is 2.28. The summed E-state index contributed by atoms with van der Waals surface area (Å²) in [6.07, 6.45) is 0. The lowest BCUT2D eigenvalue weighted by molar-refractivity contribution is 0.358. The normalized spacial score (nSPS) is 11.4. The molecule has 1 aromatic rings. The number of benzene rings is 1. The highest BCUT2D eigenvalue weighted by atomic mass is 32.2. The largest absolute Gasteiger partial charge is 0.398 e. The third kappa shape index (κ3) is 1.57. The first kappa shape index (κ1) is 9.02. The van der Waals surface area contributed by atoms with Gasteiger partial charge in [-0.1, -0.05) is 12.1 Å². The maximum atomic E-state index is 11.1. The van der Waals surface area contributed by atoms with Gasteiger partial charge in [0, 0.05) is 0 Å². The predicted molar refractivity (Wildman–Crippen MR) is 45.1 cm³/mol. The number of para-hydroxylation sites is 1. The van der Waals surface area contributed by atoms with Crippen molar-refractivity contribution in [1.82, 2.24) is 0 Å². The van der Waals surface area contributed by atoms with E-state index in [-0.39, 0.29) is 10.6 Å². The molecule has 0 spiro atoms. The van der Waals surface area contributed by atoms with Crippen molar-refractivity contribution in [3.63, 3.8) is 0 Å². The minimum atomic E-state index is -3.60. The van der Waals surface area contributed by atoms with Gasteiger partial charge in [0.25, 0.3) is 0 Å². The molecule has 0 aliphatic rings. The predicted octanol–water partition coefficient (Wildman–Crippen LogP) is -0.00770. The van der Waals surface area contributed by atoms with Crippen LogP contribution in [0.15, 0.2) is 29.2 Å². The first-order valence-electron chi connectivity index (χ1n) is 3.26. The summed E-state index contributed by atoms with van der Waals surface area (Å²) in [5.41, 5.74) is 5.55. The van der Waals surface area contributed by atoms with E-state index in [1.165, 1.54) is 12.1 Å². The number of rotatable bonds is 2. The van der Waals surface area contributed by atoms with Crippen molar-refractivity contribution in [3.05, 3.63) is 24.3 Å². The minimum Gasteiger partial charge on any atom is -0.398 e. The number of hydrogen-bond donors (Lipinski definition) is 2. The molecule has 0 aromatic heterocycles. The lowest BCUT2D eigenvalue weighted by Crippen LogP contribution is -2.08. The van der Waals surface area contributed by atoms with E-state index in [1.54, 1.807) is 12.1 Å². The van der Waals surface area contributed by atoms with Crippen LogP contribution in [-0.4, -0.2) is 19.5 Å². The molecule has 0 radical (unpaired) electrons. The van der Waals surface area contributed by atoms with E-state index in [2.05, 4.69) is 0 Å². The summed E-state index contributed by atoms with van der Waals surface area (Å²) >= 11 is 0. The molecule has 1 aromatic carbocycles. The monoisotopic (exact) mass is 187 g/mol. The topological polar surface area (TPSA) is 80.4 Å². The summed E-state index contributed by atoms with van der Waals surface area (Å²) in [4.78, 5) is -0.0208. The van der Waals surface area contributed by atoms with Gasteiger partial charge in [-0.15, -0.1) is 0 Å². The van der Waals surface area contributed by atoms with Gasteiger partial charge in [0.2, 0.25) is 9.84 Å². The zero-order valence-corrected chi connectivity index (χ0v) is 7.08. The van der Waals surface area contributed by atoms with Gasteiger partial charge in [0.05, 0.1) is 10.6 Å². The Hall–Kier alpha value is -1.07. The number of aliphatic hydroxyl groups excluding tert-OH is 1. The Morgan fingerprint density at radius 2 is 1.92 bits per heavy atom. The molecule has 3 N–H and O–H groups in total. The number of anilines is 1. The Morgan fingerprint density at radius 3 is 2.42 bits per heavy atom. The molecule has 66 valence electrons. The third-order valence-electron chi connectivity index (χ3n) is 1.42. The molecule has 0 fully saturated rings. The Labute approximate surface area is 70.6 Å². The van der Waals surface area contributed by atoms with Crippen LogP contribution in [0, 0.1) is 0 Å². The van der Waals surface area contributed by atoms with Crippen molar-refractivity contribution < 1.29 is 13.5 Å². The fourth-order valence-electron chi connectivity index (χ4n) is 0.833. The first-order chi connectivity index (χ1) is 5.58. The zero-order chi connectivity index (χ0) is 9.19. The second kappa shape index (κ2) is 3.12. The highest BCUT2D eigenvalue weighted by molar-refractivity contribution is 7.91. The van der Waals surface area contributed by atoms with Crippen molar-refractivity contribution in [2.45, 2.75) is 4.90 Å². The number of hydrogen-bond acceptors (Lipinski definition) is 4. The SMILES string of the molecule is Nc1ccccc1S(=O)(=O)CO. The molecule has 4 nitrogen and oxygen atoms in total. The van der Waals surface area contributed by atoms with Crippen LogP contribution >= 0.6 is 0 Å². The summed E-state index contributed by atoms with van der Waals surface area (Å²) in [6, 6.07) is 6.02. The molecule has 0 atom stereocenters. The molecule has 1 rings (SSSR count). The van der Waals surface area contributed by atoms with Crippen LogP contribution in [-0.2, 0) is 9.84 Å². The summed E-state index contributed by atoms with van der Waals surface area (Å²) < 4.78 is 22.2. The van der Waals surface area contributed by atoms with Crippen LogP contribution in [0.5, 0.6) is 0 Å². The number of nitrogens with two attached hydrogens (primary N) is 1. The van der Waals surface area contributed by atoms with Gasteiger partial charge in [-0.2, -0.15) is 0 Å². The smallest absolute Gasteiger partial charge is 0.204 e. The standard InChI is InChI=1S/C7H9NO3S/c8-6-3-1-2-4-7(6)12(10,11)5-9/h1-4,9H,5,8H2. The van der Waals surface area contributed by atoms with Crippen molar-refractivity contribution in [1.29, 1.82) is 0 Å². The molecule has 12 heavy (non-hydrogen) atoms. The summed E-state index contributed by atoms with van der Waals surface area (Å²) in [7, 11) is -3.60. The second-order valence-corrected chi connectivity index (χ2v) is 4.21. The van der Waals surface area contributed by atoms with Crippen molar-refractivity contribution in [2.24, 2.45) is 0 Å². The van der Waals surface area contributed by atoms with Gasteiger partial charge >= 0.3 is 0 Å². The Balaban J connectivity index is 3.30. The Morgan fingerprint density at radius 1 is 1.33 bits per heavy atom. The summed E-state index contributed by atoms with van der Waals surface area (Å²) in [6.45, 7) is 0. The van der Waals surface area contributed by atoms with Crippen molar-refractivity contribution in [3.8, 4) is 0 Å². The highest BCUT2D eigenvalue weighted by Crippen LogP contribution is 2.17. The third-order valence-corrected chi connectivity index (χ3v) is 2.81. The van der Waals surface area contributed by atoms with Gasteiger partial charge in [0.1, 0.15) is 5.94 Å². The minimum absolute atomic E-state index is 0.0208. The molecule has 0 aliphatic carbocycles. The van der Waals surface area contributed by atoms with Gasteiger partial charge in [-0.25, -0.2) is 8.42 Å². The van der Waals surface area contributed by atoms with Gasteiger partial charge in [-0.3, -0.25) is 0 Å². The number of sulfone groups is 1. The lowest BCUT2D eigenvalue weighted by atomic mass is 10.3. The first-order valence-corrected chi connectivity index (χ1v) is 4.91. The molecule has 0 aliphatic heterocycles. The highest BCUT2D eigenvalue weighted by Gasteiger charge is 2.14. The molecule has 0 bridgehead atoms. The number of aliphatic hydroxyl groups is 1. The maximum Gasteiger partial charge on any atom is 0.204 e. The van der Waals surface area contributed by atoms with Crippen LogP contribution in [0.2, 0.25) is 0 Å². The Bertz CT molecular complexity index is 372. The van der Waals surface area contributed by atoms with Gasteiger partial charge in [-0.05, 0) is 12.1 Å². The molecular formula is C7H9NO3S. The zero-order valence-electron chi connectivity index (χ0n) is 6.27. The van der Waals surface area contributed by atoms with Crippen LogP contribution in [0.1, 0.15) is 0 Å². The van der Waals surface area contributed by atoms with Crippen LogP contribution in [0.25, 0.3) is 0 Å². The van der Waals surface area contributed by atoms with E-state index in [9.17, 15) is 8.42 Å². The molecular weight excluding hydrogens is 178 g/mol. The van der Waals surface area contributed by atoms with Crippen molar-refractivity contribution >= 4 is 15.5 Å². The maximum absolute atomic E-state index is 11.1. The summed E-state index contributed by atoms with van der Waals surface area (Å²) in [5, 5.41) is 8.53.